The topological polar surface area (TPSA) is 26.3 Å². The lowest BCUT2D eigenvalue weighted by atomic mass is 9.90. The molecule has 0 radical (unpaired) electrons. The van der Waals surface area contributed by atoms with E-state index in [-0.39, 0.29) is 6.42 Å². The molecule has 0 aromatic carbocycles. The smallest absolute Gasteiger partial charge is 0.397 e. The lowest BCUT2D eigenvalue weighted by Crippen LogP contribution is -2.55. The van der Waals surface area contributed by atoms with E-state index < -0.39 is 54.8 Å². The van der Waals surface area contributed by atoms with Crippen LogP contribution in [0.5, 0.6) is 0 Å². The number of esters is 1. The molecule has 0 fully saturated rings. The van der Waals surface area contributed by atoms with Gasteiger partial charge in [0.2, 0.25) is 0 Å². The van der Waals surface area contributed by atoms with Gasteiger partial charge in [0.25, 0.3) is 0 Å². The first-order chi connectivity index (χ1) is 10.5. The predicted molar refractivity (Wildman–Crippen MR) is 65.1 cm³/mol. The second-order valence-electron chi connectivity index (χ2n) is 5.80. The Kier molecular flexibility index (Phi) is 7.03. The van der Waals surface area contributed by atoms with E-state index in [9.17, 15) is 44.3 Å². The van der Waals surface area contributed by atoms with Crippen molar-refractivity contribution < 1.29 is 49.0 Å². The SMILES string of the molecule is CCC(C)(C)C(=O)OCCC(C(F)(F)F)C(F)(F)C(F)(F)C(F)F. The fourth-order valence-electron chi connectivity index (χ4n) is 1.54. The van der Waals surface area contributed by atoms with Gasteiger partial charge in [-0.2, -0.15) is 30.7 Å². The molecule has 11 heteroatoms. The van der Waals surface area contributed by atoms with E-state index in [1.54, 1.807) is 6.92 Å². The summed E-state index contributed by atoms with van der Waals surface area (Å²) in [5, 5.41) is 0. The zero-order chi connectivity index (χ0) is 19.6. The van der Waals surface area contributed by atoms with Crippen molar-refractivity contribution in [3.63, 3.8) is 0 Å². The Balaban J connectivity index is 5.24. The van der Waals surface area contributed by atoms with Crippen LogP contribution in [0, 0.1) is 11.3 Å². The molecule has 1 unspecified atom stereocenters. The van der Waals surface area contributed by atoms with Crippen LogP contribution in [0.3, 0.4) is 0 Å². The number of hydrogen-bond donors (Lipinski definition) is 0. The molecule has 144 valence electrons. The highest BCUT2D eigenvalue weighted by atomic mass is 19.4. The van der Waals surface area contributed by atoms with E-state index in [1.807, 2.05) is 0 Å². The number of alkyl halides is 9. The number of ether oxygens (including phenoxy) is 1. The first-order valence-corrected chi connectivity index (χ1v) is 6.79. The highest BCUT2D eigenvalue weighted by Gasteiger charge is 2.71. The average Bonchev–Trinajstić information content (AvgIpc) is 2.40. The van der Waals surface area contributed by atoms with Gasteiger partial charge in [0, 0.05) is 0 Å². The van der Waals surface area contributed by atoms with Crippen LogP contribution in [0.15, 0.2) is 0 Å². The Bertz CT molecular complexity index is 430. The number of carbonyl (C=O) groups is 1. The molecule has 0 aliphatic rings. The monoisotopic (exact) mass is 376 g/mol. The van der Waals surface area contributed by atoms with Crippen LogP contribution in [0.1, 0.15) is 33.6 Å². The summed E-state index contributed by atoms with van der Waals surface area (Å²) >= 11 is 0. The van der Waals surface area contributed by atoms with Gasteiger partial charge >= 0.3 is 30.4 Å². The summed E-state index contributed by atoms with van der Waals surface area (Å²) in [4.78, 5) is 11.5. The predicted octanol–water partition coefficient (Wildman–Crippen LogP) is 5.07. The van der Waals surface area contributed by atoms with Crippen LogP contribution in [0.25, 0.3) is 0 Å². The molecule has 0 rings (SSSR count). The van der Waals surface area contributed by atoms with Gasteiger partial charge in [0.15, 0.2) is 0 Å². The van der Waals surface area contributed by atoms with Crippen LogP contribution in [-0.4, -0.2) is 37.0 Å². The standard InChI is InChI=1S/C13H17F9O2/c1-4-10(2,3)9(23)24-6-5-7(13(20,21)22)11(16,17)12(18,19)8(14)15/h7-8H,4-6H2,1-3H3. The van der Waals surface area contributed by atoms with Gasteiger partial charge in [-0.1, -0.05) is 6.92 Å². The van der Waals surface area contributed by atoms with E-state index in [1.165, 1.54) is 13.8 Å². The number of halogens is 9. The second kappa shape index (κ2) is 7.38. The summed E-state index contributed by atoms with van der Waals surface area (Å²) in [5.41, 5.74) is -1.12. The van der Waals surface area contributed by atoms with Gasteiger partial charge in [0.05, 0.1) is 12.0 Å². The molecule has 1 atom stereocenters. The van der Waals surface area contributed by atoms with Crippen molar-refractivity contribution >= 4 is 5.97 Å². The molecule has 0 saturated carbocycles. The first kappa shape index (κ1) is 22.8. The van der Waals surface area contributed by atoms with Crippen molar-refractivity contribution in [1.29, 1.82) is 0 Å². The van der Waals surface area contributed by atoms with Crippen LogP contribution in [0.2, 0.25) is 0 Å². The second-order valence-corrected chi connectivity index (χ2v) is 5.80. The minimum atomic E-state index is -6.18. The first-order valence-electron chi connectivity index (χ1n) is 6.79. The molecule has 0 aliphatic carbocycles. The molecule has 0 aromatic rings. The molecular formula is C13H17F9O2. The van der Waals surface area contributed by atoms with Gasteiger partial charge in [-0.3, -0.25) is 4.79 Å². The molecule has 0 aliphatic heterocycles. The Morgan fingerprint density at radius 1 is 0.958 bits per heavy atom. The van der Waals surface area contributed by atoms with Crippen LogP contribution in [0.4, 0.5) is 39.5 Å². The molecule has 0 bridgehead atoms. The normalized spacial score (nSPS) is 15.5. The molecule has 0 spiro atoms. The molecule has 0 saturated heterocycles. The highest BCUT2D eigenvalue weighted by Crippen LogP contribution is 2.50. The Labute approximate surface area is 132 Å². The summed E-state index contributed by atoms with van der Waals surface area (Å²) in [6.45, 7) is 3.03. The van der Waals surface area contributed by atoms with Crippen LogP contribution in [-0.2, 0) is 9.53 Å². The Morgan fingerprint density at radius 3 is 1.75 bits per heavy atom. The lowest BCUT2D eigenvalue weighted by Gasteiger charge is -2.33. The van der Waals surface area contributed by atoms with Gasteiger partial charge in [-0.25, -0.2) is 8.78 Å². The molecule has 24 heavy (non-hydrogen) atoms. The van der Waals surface area contributed by atoms with E-state index in [2.05, 4.69) is 4.74 Å². The van der Waals surface area contributed by atoms with Crippen molar-refractivity contribution in [2.75, 3.05) is 6.61 Å². The summed E-state index contributed by atoms with van der Waals surface area (Å²) in [6.07, 6.45) is -12.4. The molecule has 0 aromatic heterocycles. The van der Waals surface area contributed by atoms with Gasteiger partial charge in [-0.15, -0.1) is 0 Å². The van der Waals surface area contributed by atoms with Crippen LogP contribution < -0.4 is 0 Å². The van der Waals surface area contributed by atoms with Gasteiger partial charge in [-0.05, 0) is 26.7 Å². The number of carbonyl (C=O) groups excluding carboxylic acids is 1. The number of rotatable bonds is 8. The molecule has 0 N–H and O–H groups in total. The maximum atomic E-state index is 13.3. The fourth-order valence-corrected chi connectivity index (χ4v) is 1.54. The molecule has 0 heterocycles. The van der Waals surface area contributed by atoms with E-state index >= 15 is 0 Å². The van der Waals surface area contributed by atoms with E-state index in [0.717, 1.165) is 0 Å². The quantitative estimate of drug-likeness (QED) is 0.437. The third-order valence-corrected chi connectivity index (χ3v) is 3.63. The lowest BCUT2D eigenvalue weighted by molar-refractivity contribution is -0.332. The highest BCUT2D eigenvalue weighted by molar-refractivity contribution is 5.75. The summed E-state index contributed by atoms with van der Waals surface area (Å²) in [7, 11) is 0. The van der Waals surface area contributed by atoms with E-state index in [4.69, 9.17) is 0 Å². The van der Waals surface area contributed by atoms with Crippen molar-refractivity contribution in [3.8, 4) is 0 Å². The third-order valence-electron chi connectivity index (χ3n) is 3.63. The maximum Gasteiger partial charge on any atom is 0.397 e. The van der Waals surface area contributed by atoms with Crippen molar-refractivity contribution in [3.05, 3.63) is 0 Å². The Hall–Kier alpha value is -1.16. The molecular weight excluding hydrogens is 359 g/mol. The zero-order valence-electron chi connectivity index (χ0n) is 13.0. The molecule has 0 amide bonds. The van der Waals surface area contributed by atoms with Crippen LogP contribution >= 0.6 is 0 Å². The largest absolute Gasteiger partial charge is 0.465 e. The van der Waals surface area contributed by atoms with Gasteiger partial charge < -0.3 is 4.74 Å². The maximum absolute atomic E-state index is 13.3. The third kappa shape index (κ3) is 4.92. The fraction of sp³-hybridized carbons (Fsp3) is 0.923. The zero-order valence-corrected chi connectivity index (χ0v) is 13.0. The minimum absolute atomic E-state index is 0.216. The molecule has 2 nitrogen and oxygen atoms in total. The van der Waals surface area contributed by atoms with Crippen molar-refractivity contribution in [2.24, 2.45) is 11.3 Å². The van der Waals surface area contributed by atoms with Crippen molar-refractivity contribution in [1.82, 2.24) is 0 Å². The Morgan fingerprint density at radius 2 is 1.42 bits per heavy atom. The number of hydrogen-bond acceptors (Lipinski definition) is 2. The average molecular weight is 376 g/mol. The summed E-state index contributed by atoms with van der Waals surface area (Å²) in [5.74, 6) is -17.4. The summed E-state index contributed by atoms with van der Waals surface area (Å²) in [6, 6.07) is 0. The van der Waals surface area contributed by atoms with Gasteiger partial charge in [0.1, 0.15) is 5.92 Å². The van der Waals surface area contributed by atoms with E-state index in [0.29, 0.717) is 0 Å². The van der Waals surface area contributed by atoms with Crippen molar-refractivity contribution in [2.45, 2.75) is 58.1 Å². The minimum Gasteiger partial charge on any atom is -0.465 e. The summed E-state index contributed by atoms with van der Waals surface area (Å²) < 4.78 is 119.